The number of thioether (sulfide) groups is 1. The second-order valence-electron chi connectivity index (χ2n) is 4.98. The number of rotatable bonds is 7. The van der Waals surface area contributed by atoms with Crippen LogP contribution in [0.2, 0.25) is 0 Å². The van der Waals surface area contributed by atoms with Gasteiger partial charge in [-0.1, -0.05) is 6.92 Å². The first-order valence-corrected chi connectivity index (χ1v) is 7.98. The lowest BCUT2D eigenvalue weighted by molar-refractivity contribution is -0.152. The Bertz CT molecular complexity index is 238. The molecule has 0 radical (unpaired) electrons. The molecular formula is C13H25NO2S. The molecule has 0 aromatic heterocycles. The summed E-state index contributed by atoms with van der Waals surface area (Å²) in [6.07, 6.45) is 7.07. The van der Waals surface area contributed by atoms with Crippen molar-refractivity contribution >= 4 is 17.7 Å². The van der Waals surface area contributed by atoms with Gasteiger partial charge in [0.2, 0.25) is 0 Å². The van der Waals surface area contributed by atoms with Crippen molar-refractivity contribution in [3.8, 4) is 0 Å². The van der Waals surface area contributed by atoms with E-state index in [-0.39, 0.29) is 0 Å². The van der Waals surface area contributed by atoms with Crippen LogP contribution in [-0.4, -0.2) is 47.6 Å². The maximum Gasteiger partial charge on any atom is 0.309 e. The van der Waals surface area contributed by atoms with E-state index in [1.807, 2.05) is 18.7 Å². The van der Waals surface area contributed by atoms with E-state index in [2.05, 4.69) is 11.2 Å². The lowest BCUT2D eigenvalue weighted by Crippen LogP contribution is -2.44. The molecular weight excluding hydrogens is 234 g/mol. The number of carbonyl (C=O) groups is 1. The Balaban J connectivity index is 2.27. The van der Waals surface area contributed by atoms with Gasteiger partial charge in [-0.05, 0) is 63.7 Å². The van der Waals surface area contributed by atoms with E-state index in [1.165, 1.54) is 18.6 Å². The van der Waals surface area contributed by atoms with Gasteiger partial charge in [0.15, 0.2) is 0 Å². The van der Waals surface area contributed by atoms with Crippen molar-refractivity contribution in [1.82, 2.24) is 4.90 Å². The van der Waals surface area contributed by atoms with E-state index in [0.717, 1.165) is 38.9 Å². The molecule has 0 saturated carbocycles. The van der Waals surface area contributed by atoms with Crippen molar-refractivity contribution < 1.29 is 9.90 Å². The van der Waals surface area contributed by atoms with E-state index in [0.29, 0.717) is 0 Å². The summed E-state index contributed by atoms with van der Waals surface area (Å²) in [7, 11) is 0. The van der Waals surface area contributed by atoms with Crippen LogP contribution in [0.25, 0.3) is 0 Å². The van der Waals surface area contributed by atoms with Crippen molar-refractivity contribution in [2.24, 2.45) is 5.41 Å². The van der Waals surface area contributed by atoms with Crippen LogP contribution in [0.15, 0.2) is 0 Å². The van der Waals surface area contributed by atoms with Crippen LogP contribution >= 0.6 is 11.8 Å². The van der Waals surface area contributed by atoms with Crippen LogP contribution in [0, 0.1) is 5.41 Å². The fourth-order valence-corrected chi connectivity index (χ4v) is 3.00. The van der Waals surface area contributed by atoms with E-state index in [1.54, 1.807) is 0 Å². The van der Waals surface area contributed by atoms with Crippen LogP contribution in [0.4, 0.5) is 0 Å². The largest absolute Gasteiger partial charge is 0.481 e. The first-order chi connectivity index (χ1) is 8.14. The topological polar surface area (TPSA) is 40.5 Å². The zero-order chi connectivity index (χ0) is 12.7. The number of nitrogens with zero attached hydrogens (tertiary/aromatic N) is 1. The van der Waals surface area contributed by atoms with Gasteiger partial charge in [-0.2, -0.15) is 11.8 Å². The van der Waals surface area contributed by atoms with Crippen molar-refractivity contribution in [3.05, 3.63) is 0 Å². The maximum atomic E-state index is 11.3. The summed E-state index contributed by atoms with van der Waals surface area (Å²) < 4.78 is 0. The summed E-state index contributed by atoms with van der Waals surface area (Å²) >= 11 is 1.90. The normalized spacial score (nSPS) is 20.4. The molecule has 1 N–H and O–H groups in total. The maximum absolute atomic E-state index is 11.3. The third kappa shape index (κ3) is 4.18. The van der Waals surface area contributed by atoms with Crippen LogP contribution in [0.1, 0.15) is 39.0 Å². The third-order valence-electron chi connectivity index (χ3n) is 4.02. The summed E-state index contributed by atoms with van der Waals surface area (Å²) in [5.41, 5.74) is -0.435. The Kier molecular flexibility index (Phi) is 6.34. The Morgan fingerprint density at radius 3 is 2.47 bits per heavy atom. The summed E-state index contributed by atoms with van der Waals surface area (Å²) in [5.74, 6) is 0.643. The van der Waals surface area contributed by atoms with Gasteiger partial charge in [0.25, 0.3) is 0 Å². The number of hydrogen-bond acceptors (Lipinski definition) is 3. The number of piperidine rings is 1. The molecule has 0 unspecified atom stereocenters. The highest BCUT2D eigenvalue weighted by Crippen LogP contribution is 2.35. The highest BCUT2D eigenvalue weighted by Gasteiger charge is 2.39. The molecule has 3 nitrogen and oxygen atoms in total. The smallest absolute Gasteiger partial charge is 0.309 e. The first-order valence-electron chi connectivity index (χ1n) is 6.59. The molecule has 1 heterocycles. The molecule has 1 saturated heterocycles. The van der Waals surface area contributed by atoms with Gasteiger partial charge in [-0.3, -0.25) is 4.79 Å². The van der Waals surface area contributed by atoms with Crippen LogP contribution in [-0.2, 0) is 4.79 Å². The molecule has 1 rings (SSSR count). The van der Waals surface area contributed by atoms with Crippen molar-refractivity contribution in [1.29, 1.82) is 0 Å². The standard InChI is InChI=1S/C13H25NO2S/c1-3-13(12(15)16)6-9-14(10-7-13)8-4-5-11-17-2/h3-11H2,1-2H3,(H,15,16). The number of carboxylic acids is 1. The van der Waals surface area contributed by atoms with Gasteiger partial charge in [0, 0.05) is 0 Å². The zero-order valence-corrected chi connectivity index (χ0v) is 11.9. The molecule has 17 heavy (non-hydrogen) atoms. The average Bonchev–Trinajstić information content (AvgIpc) is 2.35. The number of unbranched alkanes of at least 4 members (excludes halogenated alkanes) is 1. The quantitative estimate of drug-likeness (QED) is 0.714. The van der Waals surface area contributed by atoms with Gasteiger partial charge in [-0.15, -0.1) is 0 Å². The van der Waals surface area contributed by atoms with Gasteiger partial charge < -0.3 is 10.0 Å². The molecule has 0 aliphatic carbocycles. The van der Waals surface area contributed by atoms with Gasteiger partial charge in [0.05, 0.1) is 5.41 Å². The summed E-state index contributed by atoms with van der Waals surface area (Å²) in [5, 5.41) is 9.30. The van der Waals surface area contributed by atoms with Crippen LogP contribution < -0.4 is 0 Å². The molecule has 0 spiro atoms. The average molecular weight is 259 g/mol. The van der Waals surface area contributed by atoms with Crippen molar-refractivity contribution in [3.63, 3.8) is 0 Å². The van der Waals surface area contributed by atoms with Gasteiger partial charge in [-0.25, -0.2) is 0 Å². The van der Waals surface area contributed by atoms with E-state index >= 15 is 0 Å². The minimum Gasteiger partial charge on any atom is -0.481 e. The summed E-state index contributed by atoms with van der Waals surface area (Å²) in [6, 6.07) is 0. The van der Waals surface area contributed by atoms with Gasteiger partial charge in [0.1, 0.15) is 0 Å². The highest BCUT2D eigenvalue weighted by molar-refractivity contribution is 7.98. The zero-order valence-electron chi connectivity index (χ0n) is 11.1. The van der Waals surface area contributed by atoms with E-state index < -0.39 is 11.4 Å². The number of carboxylic acid groups (broad SMARTS) is 1. The van der Waals surface area contributed by atoms with E-state index in [9.17, 15) is 9.90 Å². The fraction of sp³-hybridized carbons (Fsp3) is 0.923. The minimum atomic E-state index is -0.595. The van der Waals surface area contributed by atoms with Crippen LogP contribution in [0.3, 0.4) is 0 Å². The predicted octanol–water partition coefficient (Wildman–Crippen LogP) is 2.71. The SMILES string of the molecule is CCC1(C(=O)O)CCN(CCCCSC)CC1. The lowest BCUT2D eigenvalue weighted by Gasteiger charge is -2.38. The molecule has 0 amide bonds. The molecule has 4 heteroatoms. The second-order valence-corrected chi connectivity index (χ2v) is 5.97. The highest BCUT2D eigenvalue weighted by atomic mass is 32.2. The minimum absolute atomic E-state index is 0.435. The molecule has 0 aromatic carbocycles. The number of aliphatic carboxylic acids is 1. The summed E-state index contributed by atoms with van der Waals surface area (Å²) in [6.45, 7) is 5.06. The second kappa shape index (κ2) is 7.27. The molecule has 0 aromatic rings. The van der Waals surface area contributed by atoms with Crippen molar-refractivity contribution in [2.45, 2.75) is 39.0 Å². The Morgan fingerprint density at radius 1 is 1.35 bits per heavy atom. The predicted molar refractivity (Wildman–Crippen MR) is 73.6 cm³/mol. The van der Waals surface area contributed by atoms with Gasteiger partial charge >= 0.3 is 5.97 Å². The number of hydrogen-bond donors (Lipinski definition) is 1. The Hall–Kier alpha value is -0.220. The fourth-order valence-electron chi connectivity index (χ4n) is 2.51. The Morgan fingerprint density at radius 2 is 2.00 bits per heavy atom. The number of likely N-dealkylation sites (tertiary alicyclic amines) is 1. The Labute approximate surface area is 109 Å². The monoisotopic (exact) mass is 259 g/mol. The first kappa shape index (κ1) is 14.8. The van der Waals surface area contributed by atoms with E-state index in [4.69, 9.17) is 0 Å². The van der Waals surface area contributed by atoms with Crippen LogP contribution in [0.5, 0.6) is 0 Å². The molecule has 0 bridgehead atoms. The molecule has 0 atom stereocenters. The molecule has 1 fully saturated rings. The summed E-state index contributed by atoms with van der Waals surface area (Å²) in [4.78, 5) is 13.7. The third-order valence-corrected chi connectivity index (χ3v) is 4.71. The molecule has 1 aliphatic rings. The van der Waals surface area contributed by atoms with Crippen molar-refractivity contribution in [2.75, 3.05) is 31.6 Å². The lowest BCUT2D eigenvalue weighted by atomic mass is 9.76. The molecule has 100 valence electrons. The molecule has 1 aliphatic heterocycles.